The minimum atomic E-state index is -0.970. The first-order valence-corrected chi connectivity index (χ1v) is 9.01. The normalized spacial score (nSPS) is 21.0. The van der Waals surface area contributed by atoms with E-state index in [4.69, 9.17) is 0 Å². The fraction of sp³-hybridized carbons (Fsp3) is 0.526. The van der Waals surface area contributed by atoms with Crippen LogP contribution in [0.4, 0.5) is 0 Å². The lowest BCUT2D eigenvalue weighted by molar-refractivity contribution is -0.141. The number of nitrogens with zero attached hydrogens (tertiary/aromatic N) is 2. The molecule has 2 aliphatic heterocycles. The molecule has 1 aromatic rings. The second-order valence-electron chi connectivity index (χ2n) is 6.78. The van der Waals surface area contributed by atoms with E-state index in [-0.39, 0.29) is 11.8 Å². The number of carboxylic acid groups (broad SMARTS) is 1. The lowest BCUT2D eigenvalue weighted by Gasteiger charge is -2.23. The highest BCUT2D eigenvalue weighted by Gasteiger charge is 2.34. The lowest BCUT2D eigenvalue weighted by Crippen LogP contribution is -2.40. The summed E-state index contributed by atoms with van der Waals surface area (Å²) in [6, 6.07) is 5.91. The van der Waals surface area contributed by atoms with E-state index in [1.807, 2.05) is 4.90 Å². The average Bonchev–Trinajstić information content (AvgIpc) is 2.96. The van der Waals surface area contributed by atoms with Crippen molar-refractivity contribution >= 4 is 17.8 Å². The smallest absolute Gasteiger partial charge is 0.326 e. The maximum Gasteiger partial charge on any atom is 0.326 e. The molecular formula is C19H24N2O4. The average molecular weight is 344 g/mol. The number of rotatable bonds is 3. The molecule has 0 aliphatic carbocycles. The van der Waals surface area contributed by atoms with Crippen molar-refractivity contribution in [3.8, 4) is 0 Å². The van der Waals surface area contributed by atoms with Gasteiger partial charge in [0.05, 0.1) is 0 Å². The van der Waals surface area contributed by atoms with Crippen LogP contribution in [0.3, 0.4) is 0 Å². The van der Waals surface area contributed by atoms with Gasteiger partial charge in [0.2, 0.25) is 0 Å². The predicted molar refractivity (Wildman–Crippen MR) is 92.5 cm³/mol. The van der Waals surface area contributed by atoms with Crippen molar-refractivity contribution in [1.29, 1.82) is 0 Å². The van der Waals surface area contributed by atoms with Gasteiger partial charge in [0.25, 0.3) is 11.8 Å². The summed E-state index contributed by atoms with van der Waals surface area (Å²) in [6.07, 6.45) is 5.49. The summed E-state index contributed by atoms with van der Waals surface area (Å²) in [5, 5.41) is 9.26. The number of carboxylic acids is 1. The Morgan fingerprint density at radius 1 is 0.880 bits per heavy atom. The number of likely N-dealkylation sites (tertiary alicyclic amines) is 2. The van der Waals surface area contributed by atoms with Crippen molar-refractivity contribution in [2.45, 2.75) is 44.6 Å². The summed E-state index contributed by atoms with van der Waals surface area (Å²) < 4.78 is 0. The van der Waals surface area contributed by atoms with E-state index in [0.29, 0.717) is 30.5 Å². The van der Waals surface area contributed by atoms with Crippen LogP contribution in [0.1, 0.15) is 59.2 Å². The highest BCUT2D eigenvalue weighted by molar-refractivity contribution is 6.01. The molecule has 3 rings (SSSR count). The molecule has 2 amide bonds. The van der Waals surface area contributed by atoms with Crippen molar-refractivity contribution < 1.29 is 19.5 Å². The number of carbonyl (C=O) groups excluding carboxylic acids is 2. The second kappa shape index (κ2) is 7.68. The van der Waals surface area contributed by atoms with Crippen LogP contribution in [-0.2, 0) is 4.79 Å². The molecule has 25 heavy (non-hydrogen) atoms. The van der Waals surface area contributed by atoms with Crippen LogP contribution < -0.4 is 0 Å². The third kappa shape index (κ3) is 3.83. The van der Waals surface area contributed by atoms with E-state index in [1.165, 1.54) is 4.90 Å². The lowest BCUT2D eigenvalue weighted by atomic mass is 10.1. The molecule has 6 nitrogen and oxygen atoms in total. The van der Waals surface area contributed by atoms with Gasteiger partial charge in [0.15, 0.2) is 0 Å². The highest BCUT2D eigenvalue weighted by Crippen LogP contribution is 2.21. The van der Waals surface area contributed by atoms with E-state index in [0.717, 1.165) is 38.8 Å². The molecule has 0 bridgehead atoms. The maximum atomic E-state index is 12.7. The summed E-state index contributed by atoms with van der Waals surface area (Å²) in [4.78, 5) is 40.0. The number of hydrogen-bond acceptors (Lipinski definition) is 3. The Hall–Kier alpha value is -2.37. The van der Waals surface area contributed by atoms with Crippen LogP contribution in [0.5, 0.6) is 0 Å². The number of hydrogen-bond donors (Lipinski definition) is 1. The van der Waals surface area contributed by atoms with Crippen LogP contribution in [0.15, 0.2) is 24.3 Å². The zero-order valence-electron chi connectivity index (χ0n) is 14.3. The molecule has 1 atom stereocenters. The summed E-state index contributed by atoms with van der Waals surface area (Å²) in [7, 11) is 0. The molecule has 134 valence electrons. The van der Waals surface area contributed by atoms with Gasteiger partial charge < -0.3 is 14.9 Å². The van der Waals surface area contributed by atoms with E-state index in [2.05, 4.69) is 0 Å². The Morgan fingerprint density at radius 2 is 1.52 bits per heavy atom. The summed E-state index contributed by atoms with van der Waals surface area (Å²) in [5.41, 5.74) is 0.882. The van der Waals surface area contributed by atoms with Crippen LogP contribution >= 0.6 is 0 Å². The molecule has 2 heterocycles. The molecule has 1 aromatic carbocycles. The molecule has 2 fully saturated rings. The molecule has 0 unspecified atom stereocenters. The van der Waals surface area contributed by atoms with E-state index in [1.54, 1.807) is 24.3 Å². The first kappa shape index (κ1) is 17.5. The molecule has 0 radical (unpaired) electrons. The Bertz CT molecular complexity index is 665. The molecular weight excluding hydrogens is 320 g/mol. The Labute approximate surface area is 147 Å². The van der Waals surface area contributed by atoms with Gasteiger partial charge in [-0.25, -0.2) is 4.79 Å². The highest BCUT2D eigenvalue weighted by atomic mass is 16.4. The minimum absolute atomic E-state index is 0.0484. The molecule has 2 saturated heterocycles. The van der Waals surface area contributed by atoms with Gasteiger partial charge in [-0.05, 0) is 43.9 Å². The van der Waals surface area contributed by atoms with Crippen molar-refractivity contribution in [2.24, 2.45) is 0 Å². The first-order valence-electron chi connectivity index (χ1n) is 9.01. The Kier molecular flexibility index (Phi) is 5.36. The van der Waals surface area contributed by atoms with Gasteiger partial charge >= 0.3 is 5.97 Å². The SMILES string of the molecule is O=C(O)[C@@H]1CCCN1C(=O)c1cccc(C(=O)N2CCCCCC2)c1. The van der Waals surface area contributed by atoms with Gasteiger partial charge in [0, 0.05) is 30.8 Å². The fourth-order valence-electron chi connectivity index (χ4n) is 3.67. The van der Waals surface area contributed by atoms with Crippen LogP contribution in [0, 0.1) is 0 Å². The van der Waals surface area contributed by atoms with Gasteiger partial charge in [-0.1, -0.05) is 18.9 Å². The van der Waals surface area contributed by atoms with E-state index < -0.39 is 12.0 Å². The fourth-order valence-corrected chi connectivity index (χ4v) is 3.67. The van der Waals surface area contributed by atoms with Crippen molar-refractivity contribution in [1.82, 2.24) is 9.80 Å². The first-order chi connectivity index (χ1) is 12.1. The minimum Gasteiger partial charge on any atom is -0.480 e. The van der Waals surface area contributed by atoms with Crippen LogP contribution in [0.2, 0.25) is 0 Å². The van der Waals surface area contributed by atoms with E-state index in [9.17, 15) is 19.5 Å². The number of carbonyl (C=O) groups is 3. The van der Waals surface area contributed by atoms with Gasteiger partial charge in [-0.15, -0.1) is 0 Å². The van der Waals surface area contributed by atoms with Gasteiger partial charge in [0.1, 0.15) is 6.04 Å². The van der Waals surface area contributed by atoms with Gasteiger partial charge in [-0.2, -0.15) is 0 Å². The van der Waals surface area contributed by atoms with Crippen LogP contribution in [-0.4, -0.2) is 58.4 Å². The summed E-state index contributed by atoms with van der Waals surface area (Å²) in [5.74, 6) is -1.33. The number of aliphatic carboxylic acids is 1. The van der Waals surface area contributed by atoms with Crippen molar-refractivity contribution in [3.05, 3.63) is 35.4 Å². The van der Waals surface area contributed by atoms with Gasteiger partial charge in [-0.3, -0.25) is 9.59 Å². The largest absolute Gasteiger partial charge is 0.480 e. The second-order valence-corrected chi connectivity index (χ2v) is 6.78. The third-order valence-electron chi connectivity index (χ3n) is 5.05. The van der Waals surface area contributed by atoms with Crippen molar-refractivity contribution in [3.63, 3.8) is 0 Å². The van der Waals surface area contributed by atoms with E-state index >= 15 is 0 Å². The van der Waals surface area contributed by atoms with Crippen molar-refractivity contribution in [2.75, 3.05) is 19.6 Å². The topological polar surface area (TPSA) is 77.9 Å². The monoisotopic (exact) mass is 344 g/mol. The molecule has 6 heteroatoms. The zero-order chi connectivity index (χ0) is 17.8. The van der Waals surface area contributed by atoms with Crippen LogP contribution in [0.25, 0.3) is 0 Å². The standard InChI is InChI=1S/C19H24N2O4/c22-17(20-10-3-1-2-4-11-20)14-7-5-8-15(13-14)18(23)21-12-6-9-16(21)19(24)25/h5,7-8,13,16H,1-4,6,9-12H2,(H,24,25)/t16-/m0/s1. The third-order valence-corrected chi connectivity index (χ3v) is 5.05. The molecule has 0 aromatic heterocycles. The molecule has 1 N–H and O–H groups in total. The predicted octanol–water partition coefficient (Wildman–Crippen LogP) is 2.39. The number of amides is 2. The maximum absolute atomic E-state index is 12.7. The Morgan fingerprint density at radius 3 is 2.16 bits per heavy atom. The summed E-state index contributed by atoms with van der Waals surface area (Å²) >= 11 is 0. The molecule has 0 spiro atoms. The summed E-state index contributed by atoms with van der Waals surface area (Å²) in [6.45, 7) is 1.95. The molecule has 0 saturated carbocycles. The molecule has 2 aliphatic rings. The zero-order valence-corrected chi connectivity index (χ0v) is 14.3. The quantitative estimate of drug-likeness (QED) is 0.913. The number of benzene rings is 1. The Balaban J connectivity index is 1.77.